The van der Waals surface area contributed by atoms with Gasteiger partial charge in [0.1, 0.15) is 0 Å². The lowest BCUT2D eigenvalue weighted by Gasteiger charge is -2.25. The van der Waals surface area contributed by atoms with E-state index in [0.29, 0.717) is 11.6 Å². The quantitative estimate of drug-likeness (QED) is 0.485. The van der Waals surface area contributed by atoms with E-state index < -0.39 is 11.9 Å². The Bertz CT molecular complexity index is 1340. The van der Waals surface area contributed by atoms with Crippen molar-refractivity contribution in [3.8, 4) is 17.1 Å². The molecule has 160 valence electrons. The number of rotatable bonds is 2. The molecule has 1 unspecified atom stereocenters. The summed E-state index contributed by atoms with van der Waals surface area (Å²) in [6.07, 6.45) is 2.07. The number of benzene rings is 1. The zero-order valence-corrected chi connectivity index (χ0v) is 17.2. The number of carbonyl (C=O) groups excluding carboxylic acids is 2. The van der Waals surface area contributed by atoms with Crippen molar-refractivity contribution in [3.05, 3.63) is 59.7 Å². The van der Waals surface area contributed by atoms with Crippen molar-refractivity contribution < 1.29 is 19.2 Å². The van der Waals surface area contributed by atoms with Gasteiger partial charge in [-0.1, -0.05) is 6.07 Å². The highest BCUT2D eigenvalue weighted by Gasteiger charge is 2.32. The van der Waals surface area contributed by atoms with Crippen LogP contribution in [0.1, 0.15) is 6.92 Å². The van der Waals surface area contributed by atoms with Crippen LogP contribution in [0.4, 0.5) is 5.82 Å². The third-order valence-electron chi connectivity index (χ3n) is 6.15. The molecule has 1 N–H and O–H groups in total. The summed E-state index contributed by atoms with van der Waals surface area (Å²) in [6, 6.07) is 11.5. The third-order valence-corrected chi connectivity index (χ3v) is 6.15. The molecule has 9 heteroatoms. The summed E-state index contributed by atoms with van der Waals surface area (Å²) in [4.78, 5) is 31.2. The fraction of sp³-hybridized carbons (Fsp3) is 0.217. The van der Waals surface area contributed by atoms with Crippen molar-refractivity contribution >= 4 is 28.7 Å². The van der Waals surface area contributed by atoms with Gasteiger partial charge in [0.2, 0.25) is 5.88 Å². The Morgan fingerprint density at radius 2 is 1.91 bits per heavy atom. The molecule has 3 aliphatic heterocycles. The topological polar surface area (TPSA) is 98.6 Å². The van der Waals surface area contributed by atoms with Crippen molar-refractivity contribution in [2.24, 2.45) is 0 Å². The van der Waals surface area contributed by atoms with Crippen LogP contribution in [0.2, 0.25) is 0 Å². The smallest absolute Gasteiger partial charge is 0.356 e. The van der Waals surface area contributed by atoms with Gasteiger partial charge in [0.05, 0.1) is 17.3 Å². The highest BCUT2D eigenvalue weighted by Crippen LogP contribution is 2.32. The van der Waals surface area contributed by atoms with Crippen molar-refractivity contribution in [2.75, 3.05) is 24.5 Å². The van der Waals surface area contributed by atoms with Gasteiger partial charge in [-0.3, -0.25) is 0 Å². The van der Waals surface area contributed by atoms with E-state index in [9.17, 15) is 9.59 Å². The van der Waals surface area contributed by atoms with Crippen molar-refractivity contribution in [2.45, 2.75) is 13.0 Å². The number of hydrogen-bond donors (Lipinski definition) is 1. The van der Waals surface area contributed by atoms with Crippen LogP contribution in [0, 0.1) is 0 Å². The summed E-state index contributed by atoms with van der Waals surface area (Å²) in [7, 11) is 0. The first kappa shape index (κ1) is 18.8. The van der Waals surface area contributed by atoms with Gasteiger partial charge in [0.25, 0.3) is 0 Å². The van der Waals surface area contributed by atoms with Crippen molar-refractivity contribution in [1.82, 2.24) is 20.2 Å². The molecule has 5 heterocycles. The van der Waals surface area contributed by atoms with Gasteiger partial charge in [0.15, 0.2) is 5.82 Å². The highest BCUT2D eigenvalue weighted by molar-refractivity contribution is 5.95. The minimum atomic E-state index is -0.654. The Hall–Kier alpha value is -3.98. The lowest BCUT2D eigenvalue weighted by Crippen LogP contribution is -2.34. The average Bonchev–Trinajstić information content (AvgIpc) is 3.47. The second kappa shape index (κ2) is 7.03. The SMILES string of the molecule is CC1C2=C(CNC2)CN1c1ccc(-c2ccc3c(c2)cc2n3OC(=O)/C=C/C(=O)O2)nn1. The molecule has 9 nitrogen and oxygen atoms in total. The Kier molecular flexibility index (Phi) is 4.12. The van der Waals surface area contributed by atoms with E-state index in [2.05, 4.69) is 27.3 Å². The number of aromatic nitrogens is 3. The normalized spacial score (nSPS) is 21.2. The molecule has 2 aromatic heterocycles. The molecule has 0 aliphatic carbocycles. The number of esters is 1. The largest absolute Gasteiger partial charge is 0.403 e. The van der Waals surface area contributed by atoms with Gasteiger partial charge in [-0.15, -0.1) is 14.9 Å². The predicted molar refractivity (Wildman–Crippen MR) is 116 cm³/mol. The zero-order chi connectivity index (χ0) is 21.8. The van der Waals surface area contributed by atoms with Crippen molar-refractivity contribution in [3.63, 3.8) is 0 Å². The molecule has 3 aromatic rings. The third kappa shape index (κ3) is 2.97. The molecule has 3 aliphatic rings. The minimum Gasteiger partial charge on any atom is -0.403 e. The van der Waals surface area contributed by atoms with Crippen LogP contribution in [0.5, 0.6) is 5.88 Å². The Balaban J connectivity index is 1.30. The highest BCUT2D eigenvalue weighted by atomic mass is 16.7. The molecule has 0 saturated carbocycles. The minimum absolute atomic E-state index is 0.138. The number of hydrogen-bond acceptors (Lipinski definition) is 8. The molecule has 1 atom stereocenters. The molecule has 32 heavy (non-hydrogen) atoms. The first-order valence-electron chi connectivity index (χ1n) is 10.4. The molecule has 0 bridgehead atoms. The van der Waals surface area contributed by atoms with E-state index in [0.717, 1.165) is 54.2 Å². The summed E-state index contributed by atoms with van der Waals surface area (Å²) in [5, 5.41) is 13.1. The molecular formula is C23H19N5O4. The van der Waals surface area contributed by atoms with E-state index in [4.69, 9.17) is 9.57 Å². The monoisotopic (exact) mass is 429 g/mol. The molecular weight excluding hydrogens is 410 g/mol. The maximum Gasteiger partial charge on any atom is 0.356 e. The predicted octanol–water partition coefficient (Wildman–Crippen LogP) is 1.64. The Morgan fingerprint density at radius 1 is 1.03 bits per heavy atom. The van der Waals surface area contributed by atoms with E-state index in [1.807, 2.05) is 24.3 Å². The second-order valence-electron chi connectivity index (χ2n) is 8.03. The van der Waals surface area contributed by atoms with E-state index in [1.54, 1.807) is 12.1 Å². The Morgan fingerprint density at radius 3 is 2.72 bits per heavy atom. The van der Waals surface area contributed by atoms with Gasteiger partial charge < -0.3 is 19.8 Å². The number of nitrogens with one attached hydrogen (secondary N) is 1. The van der Waals surface area contributed by atoms with Crippen LogP contribution in [0.15, 0.2) is 59.7 Å². The fourth-order valence-electron chi connectivity index (χ4n) is 4.51. The van der Waals surface area contributed by atoms with Gasteiger partial charge in [-0.05, 0) is 42.3 Å². The van der Waals surface area contributed by atoms with Crippen LogP contribution in [0.25, 0.3) is 22.2 Å². The van der Waals surface area contributed by atoms with Gasteiger partial charge in [-0.2, -0.15) is 0 Å². The van der Waals surface area contributed by atoms with Gasteiger partial charge >= 0.3 is 11.9 Å². The lowest BCUT2D eigenvalue weighted by molar-refractivity contribution is -0.141. The average molecular weight is 429 g/mol. The second-order valence-corrected chi connectivity index (χ2v) is 8.03. The first-order chi connectivity index (χ1) is 15.6. The molecule has 0 amide bonds. The Labute approximate surface area is 182 Å². The van der Waals surface area contributed by atoms with E-state index in [1.165, 1.54) is 15.9 Å². The first-order valence-corrected chi connectivity index (χ1v) is 10.4. The summed E-state index contributed by atoms with van der Waals surface area (Å²) >= 11 is 0. The molecule has 0 spiro atoms. The van der Waals surface area contributed by atoms with Crippen LogP contribution in [-0.4, -0.2) is 52.5 Å². The van der Waals surface area contributed by atoms with E-state index in [-0.39, 0.29) is 5.88 Å². The molecule has 6 rings (SSSR count). The van der Waals surface area contributed by atoms with Crippen LogP contribution in [0.3, 0.4) is 0 Å². The summed E-state index contributed by atoms with van der Waals surface area (Å²) in [5.41, 5.74) is 5.09. The summed E-state index contributed by atoms with van der Waals surface area (Å²) < 4.78 is 6.46. The molecule has 1 aromatic carbocycles. The standard InChI is InChI=1S/C23H19N5O4/c1-13-17-11-24-10-16(17)12-27(13)20-5-3-18(25-26-20)14-2-4-19-15(8-14)9-21-28(19)32-23(30)7-6-22(29)31-21/h2-9,13,24H,10-12H2,1H3/b7-6+. The van der Waals surface area contributed by atoms with Crippen molar-refractivity contribution in [1.29, 1.82) is 0 Å². The zero-order valence-electron chi connectivity index (χ0n) is 17.2. The van der Waals surface area contributed by atoms with Crippen LogP contribution >= 0.6 is 0 Å². The molecule has 0 fully saturated rings. The lowest BCUT2D eigenvalue weighted by atomic mass is 10.1. The van der Waals surface area contributed by atoms with E-state index >= 15 is 0 Å². The number of fused-ring (bicyclic) bond motifs is 3. The van der Waals surface area contributed by atoms with Crippen LogP contribution in [-0.2, 0) is 9.59 Å². The number of carbonyl (C=O) groups is 2. The summed E-state index contributed by atoms with van der Waals surface area (Å²) in [6.45, 7) is 4.98. The number of ether oxygens (including phenoxy) is 1. The summed E-state index contributed by atoms with van der Waals surface area (Å²) in [5.74, 6) is -0.299. The van der Waals surface area contributed by atoms with Crippen LogP contribution < -0.4 is 19.8 Å². The van der Waals surface area contributed by atoms with Gasteiger partial charge in [-0.25, -0.2) is 9.59 Å². The molecule has 0 radical (unpaired) electrons. The maximum absolute atomic E-state index is 11.8. The maximum atomic E-state index is 11.8. The molecule has 0 saturated heterocycles. The number of nitrogens with zero attached hydrogens (tertiary/aromatic N) is 4. The van der Waals surface area contributed by atoms with Gasteiger partial charge in [0, 0.05) is 48.8 Å². The number of anilines is 1. The fourth-order valence-corrected chi connectivity index (χ4v) is 4.51.